The molecule has 25 heavy (non-hydrogen) atoms. The zero-order valence-corrected chi connectivity index (χ0v) is 15.4. The lowest BCUT2D eigenvalue weighted by Crippen LogP contribution is -2.32. The molecule has 0 atom stereocenters. The van der Waals surface area contributed by atoms with E-state index in [9.17, 15) is 14.7 Å². The molecule has 0 bridgehead atoms. The molecule has 128 valence electrons. The number of thioether (sulfide) groups is 1. The van der Waals surface area contributed by atoms with Crippen molar-refractivity contribution in [2.24, 2.45) is 0 Å². The van der Waals surface area contributed by atoms with Gasteiger partial charge in [0.1, 0.15) is 18.1 Å². The van der Waals surface area contributed by atoms with Gasteiger partial charge in [0.05, 0.1) is 11.4 Å². The second-order valence-corrected chi connectivity index (χ2v) is 7.11. The van der Waals surface area contributed by atoms with Crippen LogP contribution in [0.25, 0.3) is 6.08 Å². The standard InChI is InChI=1S/C18H14BrNO4S/c19-13-6-7-15(21)12(10-13)11-16-17(22)20(18(23)25-16)8-9-24-14-4-2-1-3-5-14/h1-7,10-11,21H,8-9H2/b16-11-. The Kier molecular flexibility index (Phi) is 5.45. The van der Waals surface area contributed by atoms with Gasteiger partial charge in [0.25, 0.3) is 11.1 Å². The molecule has 3 rings (SSSR count). The highest BCUT2D eigenvalue weighted by atomic mass is 79.9. The first kappa shape index (κ1) is 17.6. The number of benzene rings is 2. The molecule has 0 radical (unpaired) electrons. The molecule has 1 fully saturated rings. The number of nitrogens with zero attached hydrogens (tertiary/aromatic N) is 1. The number of rotatable bonds is 5. The molecule has 2 aromatic rings. The molecular weight excluding hydrogens is 406 g/mol. The Morgan fingerprint density at radius 2 is 1.92 bits per heavy atom. The highest BCUT2D eigenvalue weighted by Gasteiger charge is 2.34. The van der Waals surface area contributed by atoms with E-state index in [2.05, 4.69) is 15.9 Å². The van der Waals surface area contributed by atoms with Crippen molar-refractivity contribution >= 4 is 44.9 Å². The number of carbonyl (C=O) groups is 2. The minimum atomic E-state index is -0.383. The molecule has 2 aromatic carbocycles. The predicted molar refractivity (Wildman–Crippen MR) is 100 cm³/mol. The van der Waals surface area contributed by atoms with Gasteiger partial charge in [-0.05, 0) is 48.2 Å². The Morgan fingerprint density at radius 1 is 1.16 bits per heavy atom. The number of para-hydroxylation sites is 1. The number of halogens is 1. The maximum atomic E-state index is 12.4. The highest BCUT2D eigenvalue weighted by Crippen LogP contribution is 2.34. The minimum absolute atomic E-state index is 0.0439. The summed E-state index contributed by atoms with van der Waals surface area (Å²) in [5.74, 6) is 0.345. The van der Waals surface area contributed by atoms with Crippen LogP contribution in [-0.4, -0.2) is 34.3 Å². The molecule has 1 aliphatic heterocycles. The molecule has 1 N–H and O–H groups in total. The molecule has 0 unspecified atom stereocenters. The molecule has 0 aromatic heterocycles. The van der Waals surface area contributed by atoms with Crippen LogP contribution in [-0.2, 0) is 4.79 Å². The smallest absolute Gasteiger partial charge is 0.293 e. The van der Waals surface area contributed by atoms with Crippen LogP contribution in [0.2, 0.25) is 0 Å². The Morgan fingerprint density at radius 3 is 2.68 bits per heavy atom. The average Bonchev–Trinajstić information content (AvgIpc) is 2.86. The topological polar surface area (TPSA) is 66.8 Å². The summed E-state index contributed by atoms with van der Waals surface area (Å²) in [6, 6.07) is 14.1. The van der Waals surface area contributed by atoms with E-state index in [1.807, 2.05) is 30.3 Å². The first-order valence-corrected chi connectivity index (χ1v) is 9.07. The van der Waals surface area contributed by atoms with E-state index >= 15 is 0 Å². The molecule has 5 nitrogen and oxygen atoms in total. The fourth-order valence-corrected chi connectivity index (χ4v) is 3.48. The Labute approximate surface area is 157 Å². The largest absolute Gasteiger partial charge is 0.507 e. The lowest BCUT2D eigenvalue weighted by molar-refractivity contribution is -0.123. The van der Waals surface area contributed by atoms with Crippen LogP contribution >= 0.6 is 27.7 Å². The maximum absolute atomic E-state index is 12.4. The van der Waals surface area contributed by atoms with Crippen molar-refractivity contribution in [1.82, 2.24) is 4.90 Å². The van der Waals surface area contributed by atoms with E-state index in [1.165, 1.54) is 12.1 Å². The number of imide groups is 1. The monoisotopic (exact) mass is 419 g/mol. The fourth-order valence-electron chi connectivity index (χ4n) is 2.25. The second-order valence-electron chi connectivity index (χ2n) is 5.20. The van der Waals surface area contributed by atoms with Gasteiger partial charge in [0, 0.05) is 10.0 Å². The number of amides is 2. The molecule has 7 heteroatoms. The molecule has 1 saturated heterocycles. The molecule has 0 aliphatic carbocycles. The zero-order chi connectivity index (χ0) is 17.8. The van der Waals surface area contributed by atoms with Crippen LogP contribution < -0.4 is 4.74 Å². The number of hydrogen-bond acceptors (Lipinski definition) is 5. The third-order valence-electron chi connectivity index (χ3n) is 3.48. The normalized spacial score (nSPS) is 15.9. The summed E-state index contributed by atoms with van der Waals surface area (Å²) >= 11 is 4.17. The number of ether oxygens (including phenoxy) is 1. The van der Waals surface area contributed by atoms with Crippen LogP contribution in [0.15, 0.2) is 57.9 Å². The van der Waals surface area contributed by atoms with Crippen molar-refractivity contribution in [1.29, 1.82) is 0 Å². The highest BCUT2D eigenvalue weighted by molar-refractivity contribution is 9.10. The summed E-state index contributed by atoms with van der Waals surface area (Å²) in [6.07, 6.45) is 1.52. The van der Waals surface area contributed by atoms with Crippen molar-refractivity contribution in [3.63, 3.8) is 0 Å². The van der Waals surface area contributed by atoms with E-state index in [0.29, 0.717) is 11.3 Å². The Hall–Kier alpha value is -2.25. The van der Waals surface area contributed by atoms with Crippen LogP contribution in [0.5, 0.6) is 11.5 Å². The summed E-state index contributed by atoms with van der Waals surface area (Å²) in [7, 11) is 0. The van der Waals surface area contributed by atoms with Gasteiger partial charge in [0.15, 0.2) is 0 Å². The fraction of sp³-hybridized carbons (Fsp3) is 0.111. The van der Waals surface area contributed by atoms with Crippen molar-refractivity contribution in [2.75, 3.05) is 13.2 Å². The van der Waals surface area contributed by atoms with Crippen molar-refractivity contribution < 1.29 is 19.4 Å². The van der Waals surface area contributed by atoms with E-state index < -0.39 is 0 Å². The average molecular weight is 420 g/mol. The summed E-state index contributed by atoms with van der Waals surface area (Å²) in [6.45, 7) is 0.388. The number of hydrogen-bond donors (Lipinski definition) is 1. The summed E-state index contributed by atoms with van der Waals surface area (Å²) in [5.41, 5.74) is 0.473. The van der Waals surface area contributed by atoms with E-state index in [-0.39, 0.29) is 35.0 Å². The molecule has 1 heterocycles. The summed E-state index contributed by atoms with van der Waals surface area (Å²) in [4.78, 5) is 25.9. The van der Waals surface area contributed by atoms with Crippen molar-refractivity contribution in [2.45, 2.75) is 0 Å². The van der Waals surface area contributed by atoms with Gasteiger partial charge in [-0.3, -0.25) is 14.5 Å². The third kappa shape index (κ3) is 4.24. The van der Waals surface area contributed by atoms with Crippen LogP contribution in [0.1, 0.15) is 5.56 Å². The van der Waals surface area contributed by atoms with Crippen molar-refractivity contribution in [3.05, 3.63) is 63.5 Å². The molecule has 2 amide bonds. The van der Waals surface area contributed by atoms with Gasteiger partial charge >= 0.3 is 0 Å². The second kappa shape index (κ2) is 7.76. The maximum Gasteiger partial charge on any atom is 0.293 e. The first-order valence-electron chi connectivity index (χ1n) is 7.46. The van der Waals surface area contributed by atoms with Gasteiger partial charge in [-0.1, -0.05) is 34.1 Å². The number of phenolic OH excluding ortho intramolecular Hbond substituents is 1. The van der Waals surface area contributed by atoms with Crippen molar-refractivity contribution in [3.8, 4) is 11.5 Å². The number of phenols is 1. The Balaban J connectivity index is 1.67. The van der Waals surface area contributed by atoms with Gasteiger partial charge in [0.2, 0.25) is 0 Å². The zero-order valence-electron chi connectivity index (χ0n) is 13.0. The minimum Gasteiger partial charge on any atom is -0.507 e. The van der Waals surface area contributed by atoms with E-state index in [4.69, 9.17) is 4.74 Å². The molecule has 0 spiro atoms. The molecular formula is C18H14BrNO4S. The summed E-state index contributed by atoms with van der Waals surface area (Å²) in [5, 5.41) is 9.53. The quantitative estimate of drug-likeness (QED) is 0.732. The van der Waals surface area contributed by atoms with Gasteiger partial charge < -0.3 is 9.84 Å². The van der Waals surface area contributed by atoms with E-state index in [0.717, 1.165) is 21.1 Å². The Bertz CT molecular complexity index is 838. The summed E-state index contributed by atoms with van der Waals surface area (Å²) < 4.78 is 6.30. The SMILES string of the molecule is O=C1S/C(=C\c2cc(Br)ccc2O)C(=O)N1CCOc1ccccc1. The molecule has 1 aliphatic rings. The van der Waals surface area contributed by atoms with Gasteiger partial charge in [-0.25, -0.2) is 0 Å². The van der Waals surface area contributed by atoms with Gasteiger partial charge in [-0.15, -0.1) is 0 Å². The number of carbonyl (C=O) groups excluding carboxylic acids is 2. The van der Waals surface area contributed by atoms with Crippen LogP contribution in [0.4, 0.5) is 4.79 Å². The van der Waals surface area contributed by atoms with Gasteiger partial charge in [-0.2, -0.15) is 0 Å². The number of aromatic hydroxyl groups is 1. The van der Waals surface area contributed by atoms with Crippen LogP contribution in [0.3, 0.4) is 0 Å². The first-order chi connectivity index (χ1) is 12.0. The lowest BCUT2D eigenvalue weighted by atomic mass is 10.2. The lowest BCUT2D eigenvalue weighted by Gasteiger charge is -2.13. The molecule has 0 saturated carbocycles. The van der Waals surface area contributed by atoms with E-state index in [1.54, 1.807) is 12.1 Å². The third-order valence-corrected chi connectivity index (χ3v) is 4.88. The predicted octanol–water partition coefficient (Wildman–Crippen LogP) is 4.27. The van der Waals surface area contributed by atoms with Crippen LogP contribution in [0, 0.1) is 0 Å².